The van der Waals surface area contributed by atoms with Crippen molar-refractivity contribution in [3.8, 4) is 0 Å². The molecule has 0 unspecified atom stereocenters. The first-order valence-electron chi connectivity index (χ1n) is 2.14. The fourth-order valence-electron chi connectivity index (χ4n) is 0.284. The van der Waals surface area contributed by atoms with Crippen LogP contribution in [0.5, 0.6) is 0 Å². The van der Waals surface area contributed by atoms with E-state index in [1.54, 1.807) is 6.54 Å². The van der Waals surface area contributed by atoms with E-state index in [0.29, 0.717) is 6.61 Å². The predicted octanol–water partition coefficient (Wildman–Crippen LogP) is -3.41. The molecule has 10 heavy (non-hydrogen) atoms. The van der Waals surface area contributed by atoms with Crippen LogP contribution in [-0.4, -0.2) is 24.3 Å². The molecular weight excluding hydrogens is 149 g/mol. The number of hydrogen-bond donors (Lipinski definition) is 2. The van der Waals surface area contributed by atoms with Gasteiger partial charge < -0.3 is 15.2 Å². The summed E-state index contributed by atoms with van der Waals surface area (Å²) in [6, 6.07) is 0. The summed E-state index contributed by atoms with van der Waals surface area (Å²) in [5, 5.41) is 9.22. The molecule has 0 radical (unpaired) electrons. The van der Waals surface area contributed by atoms with E-state index in [0.717, 1.165) is 0 Å². The Morgan fingerprint density at radius 2 is 2.30 bits per heavy atom. The molecule has 0 saturated carbocycles. The summed E-state index contributed by atoms with van der Waals surface area (Å²) >= 11 is 0. The molecule has 0 atom stereocenters. The van der Waals surface area contributed by atoms with Gasteiger partial charge in [0, 0.05) is 0 Å². The number of cyclic esters (lactones) is 1. The molecule has 5 nitrogen and oxygen atoms in total. The predicted molar refractivity (Wildman–Crippen MR) is 27.5 cm³/mol. The summed E-state index contributed by atoms with van der Waals surface area (Å²) < 4.78 is 4.35. The zero-order valence-corrected chi connectivity index (χ0v) is 7.53. The van der Waals surface area contributed by atoms with Crippen molar-refractivity contribution in [1.82, 2.24) is 5.32 Å². The Morgan fingerprint density at radius 3 is 2.40 bits per heavy atom. The molecule has 0 aromatic heterocycles. The fraction of sp³-hybridized carbons (Fsp3) is 0.250. The number of alkyl carbamates (subject to hydrolysis) is 1. The zero-order chi connectivity index (χ0) is 7.11. The maximum Gasteiger partial charge on any atom is 1.00 e. The van der Waals surface area contributed by atoms with E-state index in [1.165, 1.54) is 0 Å². The van der Waals surface area contributed by atoms with E-state index in [9.17, 15) is 4.79 Å². The van der Waals surface area contributed by atoms with Crippen LogP contribution in [0.25, 0.3) is 0 Å². The Labute approximate surface area is 80.0 Å². The minimum Gasteiger partial charge on any atom is -0.483 e. The van der Waals surface area contributed by atoms with E-state index in [4.69, 9.17) is 9.90 Å². The first-order valence-corrected chi connectivity index (χ1v) is 2.14. The van der Waals surface area contributed by atoms with Crippen molar-refractivity contribution >= 4 is 12.6 Å². The van der Waals surface area contributed by atoms with Gasteiger partial charge in [0.15, 0.2) is 0 Å². The van der Waals surface area contributed by atoms with Crippen LogP contribution in [0, 0.1) is 6.54 Å². The van der Waals surface area contributed by atoms with Gasteiger partial charge in [0.1, 0.15) is 0 Å². The topological polar surface area (TPSA) is 75.6 Å². The van der Waals surface area contributed by atoms with Crippen LogP contribution in [0.15, 0.2) is 0 Å². The van der Waals surface area contributed by atoms with E-state index in [1.807, 2.05) is 0 Å². The molecule has 1 heterocycles. The largest absolute Gasteiger partial charge is 1.00 e. The molecule has 0 aromatic carbocycles. The first kappa shape index (κ1) is 12.4. The smallest absolute Gasteiger partial charge is 0.483 e. The molecule has 0 spiro atoms. The van der Waals surface area contributed by atoms with E-state index < -0.39 is 0 Å². The van der Waals surface area contributed by atoms with Crippen LogP contribution in [0.3, 0.4) is 0 Å². The second kappa shape index (κ2) is 8.74. The summed E-state index contributed by atoms with van der Waals surface area (Å²) in [4.78, 5) is 18.2. The summed E-state index contributed by atoms with van der Waals surface area (Å²) in [6.45, 7) is 1.71. The molecule has 2 N–H and O–H groups in total. The number of nitrogens with one attached hydrogen (secondary N) is 1. The minimum absolute atomic E-state index is 0. The third-order valence-corrected chi connectivity index (χ3v) is 0.518. The molecule has 1 fully saturated rings. The van der Waals surface area contributed by atoms with Crippen LogP contribution in [0.1, 0.15) is 0 Å². The number of carbonyl (C=O) groups excluding carboxylic acids is 1. The number of carbonyl (C=O) groups is 2. The van der Waals surface area contributed by atoms with Gasteiger partial charge in [-0.1, -0.05) is 0 Å². The summed E-state index contributed by atoms with van der Waals surface area (Å²) in [7, 11) is 0. The number of amides is 1. The van der Waals surface area contributed by atoms with Crippen molar-refractivity contribution in [1.29, 1.82) is 0 Å². The first-order chi connectivity index (χ1) is 4.31. The second-order valence-corrected chi connectivity index (χ2v) is 1.05. The normalized spacial score (nSPS) is 13.0. The van der Waals surface area contributed by atoms with Gasteiger partial charge in [-0.05, 0) is 6.61 Å². The van der Waals surface area contributed by atoms with Crippen molar-refractivity contribution in [2.24, 2.45) is 0 Å². The third-order valence-electron chi connectivity index (χ3n) is 0.518. The Bertz CT molecular complexity index is 99.4. The monoisotopic (exact) mass is 155 g/mol. The van der Waals surface area contributed by atoms with Crippen LogP contribution >= 0.6 is 0 Å². The SMILES string of the molecule is O=C1N[CH-]CO1.O=CO.[Na+]. The Balaban J connectivity index is 0. The number of rotatable bonds is 0. The number of ether oxygens (including phenoxy) is 1. The molecule has 1 aliphatic rings. The molecule has 0 aromatic rings. The van der Waals surface area contributed by atoms with E-state index in [2.05, 4.69) is 10.1 Å². The van der Waals surface area contributed by atoms with E-state index in [-0.39, 0.29) is 42.1 Å². The fourth-order valence-corrected chi connectivity index (χ4v) is 0.284. The molecule has 1 amide bonds. The van der Waals surface area contributed by atoms with Crippen molar-refractivity contribution < 1.29 is 49.0 Å². The summed E-state index contributed by atoms with van der Waals surface area (Å²) in [5.41, 5.74) is 0. The average Bonchev–Trinajstić information content (AvgIpc) is 2.20. The maximum absolute atomic E-state index is 9.88. The molecule has 1 aliphatic heterocycles. The van der Waals surface area contributed by atoms with Crippen LogP contribution in [-0.2, 0) is 9.53 Å². The molecule has 1 rings (SSSR count). The third kappa shape index (κ3) is 7.74. The van der Waals surface area contributed by atoms with Crippen LogP contribution in [0.4, 0.5) is 4.79 Å². The zero-order valence-electron chi connectivity index (χ0n) is 5.53. The molecule has 1 saturated heterocycles. The van der Waals surface area contributed by atoms with Crippen LogP contribution in [0.2, 0.25) is 0 Å². The molecule has 6 heteroatoms. The molecule has 0 aliphatic carbocycles. The van der Waals surface area contributed by atoms with Gasteiger partial charge in [0.25, 0.3) is 6.47 Å². The Morgan fingerprint density at radius 1 is 1.80 bits per heavy atom. The van der Waals surface area contributed by atoms with Gasteiger partial charge in [-0.15, -0.1) is 0 Å². The Kier molecular flexibility index (Phi) is 10.9. The average molecular weight is 155 g/mol. The Hall–Kier alpha value is -0.260. The van der Waals surface area contributed by atoms with Gasteiger partial charge in [0.05, 0.1) is 0 Å². The van der Waals surface area contributed by atoms with Gasteiger partial charge in [-0.2, -0.15) is 0 Å². The van der Waals surface area contributed by atoms with Crippen molar-refractivity contribution in [2.45, 2.75) is 0 Å². The maximum atomic E-state index is 9.88. The standard InChI is InChI=1S/C3H4NO2.CH2O2.Na/c5-3-4-1-2-6-3;2-1-3;/h1H,2H2,(H,4,5);1H,(H,2,3);/q-1;;+1. The number of carboxylic acid groups (broad SMARTS) is 1. The second-order valence-electron chi connectivity index (χ2n) is 1.05. The van der Waals surface area contributed by atoms with Crippen molar-refractivity contribution in [3.05, 3.63) is 6.54 Å². The summed E-state index contributed by atoms with van der Waals surface area (Å²) in [5.74, 6) is 0. The van der Waals surface area contributed by atoms with Crippen LogP contribution < -0.4 is 34.9 Å². The van der Waals surface area contributed by atoms with Gasteiger partial charge >= 0.3 is 35.7 Å². The molecule has 0 bridgehead atoms. The molecule has 52 valence electrons. The minimum atomic E-state index is -0.352. The number of hydrogen-bond acceptors (Lipinski definition) is 3. The molecular formula is C4H6NNaO4. The van der Waals surface area contributed by atoms with Gasteiger partial charge in [-0.25, -0.2) is 11.3 Å². The van der Waals surface area contributed by atoms with Crippen molar-refractivity contribution in [2.75, 3.05) is 6.61 Å². The van der Waals surface area contributed by atoms with Gasteiger partial charge in [0.2, 0.25) is 0 Å². The quantitative estimate of drug-likeness (QED) is 0.217. The summed E-state index contributed by atoms with van der Waals surface area (Å²) in [6.07, 6.45) is -0.352. The van der Waals surface area contributed by atoms with E-state index >= 15 is 0 Å². The van der Waals surface area contributed by atoms with Gasteiger partial charge in [-0.3, -0.25) is 4.79 Å². The van der Waals surface area contributed by atoms with Crippen molar-refractivity contribution in [3.63, 3.8) is 0 Å².